The van der Waals surface area contributed by atoms with Crippen LogP contribution < -0.4 is 0 Å². The number of azide groups is 1. The molecule has 20 heavy (non-hydrogen) atoms. The number of carbonyl (C=O) groups is 1. The summed E-state index contributed by atoms with van der Waals surface area (Å²) in [5.41, 5.74) is 6.08. The van der Waals surface area contributed by atoms with E-state index in [9.17, 15) is 25.2 Å². The molecule has 0 saturated carbocycles. The molecule has 0 heterocycles. The van der Waals surface area contributed by atoms with Crippen molar-refractivity contribution in [1.29, 1.82) is 0 Å². The SMILES string of the molecule is [N-]=[N+]=N[C@](O)(C=O)[C@H](O)[C@H](O)C(O)Cc1ccccc1. The summed E-state index contributed by atoms with van der Waals surface area (Å²) in [7, 11) is 0. The molecule has 4 atom stereocenters. The third-order valence-corrected chi connectivity index (χ3v) is 2.82. The Morgan fingerprint density at radius 3 is 2.40 bits per heavy atom. The van der Waals surface area contributed by atoms with Crippen molar-refractivity contribution in [3.8, 4) is 0 Å². The highest BCUT2D eigenvalue weighted by molar-refractivity contribution is 5.63. The van der Waals surface area contributed by atoms with Crippen LogP contribution in [0.15, 0.2) is 35.4 Å². The molecule has 0 radical (unpaired) electrons. The van der Waals surface area contributed by atoms with Crippen molar-refractivity contribution in [1.82, 2.24) is 0 Å². The van der Waals surface area contributed by atoms with Gasteiger partial charge in [0.15, 0.2) is 6.29 Å². The number of nitrogens with zero attached hydrogens (tertiary/aromatic N) is 3. The van der Waals surface area contributed by atoms with Gasteiger partial charge >= 0.3 is 0 Å². The molecule has 1 aromatic carbocycles. The number of hydrogen-bond acceptors (Lipinski definition) is 6. The first-order chi connectivity index (χ1) is 9.44. The lowest BCUT2D eigenvalue weighted by atomic mass is 9.95. The van der Waals surface area contributed by atoms with Gasteiger partial charge < -0.3 is 20.4 Å². The van der Waals surface area contributed by atoms with E-state index in [1.54, 1.807) is 30.3 Å². The summed E-state index contributed by atoms with van der Waals surface area (Å²) in [6.07, 6.45) is -5.67. The highest BCUT2D eigenvalue weighted by atomic mass is 16.4. The largest absolute Gasteiger partial charge is 0.390 e. The Morgan fingerprint density at radius 2 is 1.90 bits per heavy atom. The first-order valence-electron chi connectivity index (χ1n) is 5.77. The number of rotatable bonds is 7. The summed E-state index contributed by atoms with van der Waals surface area (Å²) >= 11 is 0. The number of carbonyl (C=O) groups excluding carboxylic acids is 1. The monoisotopic (exact) mass is 281 g/mol. The molecule has 1 rings (SSSR count). The van der Waals surface area contributed by atoms with Gasteiger partial charge in [-0.1, -0.05) is 30.3 Å². The topological polar surface area (TPSA) is 147 Å². The first-order valence-corrected chi connectivity index (χ1v) is 5.77. The van der Waals surface area contributed by atoms with Crippen LogP contribution in [-0.4, -0.2) is 50.7 Å². The minimum atomic E-state index is -2.83. The van der Waals surface area contributed by atoms with Crippen LogP contribution in [0, 0.1) is 0 Å². The second-order valence-corrected chi connectivity index (χ2v) is 4.28. The summed E-state index contributed by atoms with van der Waals surface area (Å²) in [6, 6.07) is 8.62. The maximum absolute atomic E-state index is 10.7. The van der Waals surface area contributed by atoms with Gasteiger partial charge in [-0.3, -0.25) is 4.79 Å². The van der Waals surface area contributed by atoms with Crippen LogP contribution in [0.3, 0.4) is 0 Å². The van der Waals surface area contributed by atoms with Crippen molar-refractivity contribution < 1.29 is 25.2 Å². The fourth-order valence-corrected chi connectivity index (χ4v) is 1.66. The van der Waals surface area contributed by atoms with Crippen molar-refractivity contribution >= 4 is 6.29 Å². The predicted octanol–water partition coefficient (Wildman–Crippen LogP) is -0.490. The zero-order valence-corrected chi connectivity index (χ0v) is 10.4. The molecule has 108 valence electrons. The molecular weight excluding hydrogens is 266 g/mol. The fraction of sp³-hybridized carbons (Fsp3) is 0.417. The summed E-state index contributed by atoms with van der Waals surface area (Å²) in [4.78, 5) is 12.9. The van der Waals surface area contributed by atoms with E-state index in [4.69, 9.17) is 5.53 Å². The van der Waals surface area contributed by atoms with Gasteiger partial charge in [0.2, 0.25) is 5.72 Å². The van der Waals surface area contributed by atoms with Crippen LogP contribution in [0.25, 0.3) is 10.4 Å². The van der Waals surface area contributed by atoms with Gasteiger partial charge in [0.1, 0.15) is 12.2 Å². The molecule has 0 bridgehead atoms. The van der Waals surface area contributed by atoms with Crippen LogP contribution in [-0.2, 0) is 11.2 Å². The van der Waals surface area contributed by atoms with Crippen molar-refractivity contribution in [3.05, 3.63) is 46.3 Å². The number of hydrogen-bond donors (Lipinski definition) is 4. The van der Waals surface area contributed by atoms with E-state index in [0.29, 0.717) is 5.56 Å². The van der Waals surface area contributed by atoms with Crippen molar-refractivity contribution in [2.24, 2.45) is 5.11 Å². The first kappa shape index (κ1) is 16.1. The third-order valence-electron chi connectivity index (χ3n) is 2.82. The Balaban J connectivity index is 2.80. The maximum atomic E-state index is 10.7. The maximum Gasteiger partial charge on any atom is 0.227 e. The molecule has 0 amide bonds. The predicted molar refractivity (Wildman–Crippen MR) is 68.3 cm³/mol. The molecular formula is C12H15N3O5. The Bertz CT molecular complexity index is 491. The molecule has 0 saturated heterocycles. The second kappa shape index (κ2) is 6.99. The van der Waals surface area contributed by atoms with Gasteiger partial charge in [-0.2, -0.15) is 0 Å². The zero-order valence-electron chi connectivity index (χ0n) is 10.4. The molecule has 0 spiro atoms. The van der Waals surface area contributed by atoms with Crippen molar-refractivity contribution in [2.75, 3.05) is 0 Å². The Hall–Kier alpha value is -1.96. The summed E-state index contributed by atoms with van der Waals surface area (Å²) in [6.45, 7) is 0. The van der Waals surface area contributed by atoms with Gasteiger partial charge in [0, 0.05) is 11.3 Å². The minimum Gasteiger partial charge on any atom is -0.390 e. The molecule has 4 N–H and O–H groups in total. The fourth-order valence-electron chi connectivity index (χ4n) is 1.66. The molecule has 0 aliphatic carbocycles. The molecule has 8 heteroatoms. The van der Waals surface area contributed by atoms with E-state index in [0.717, 1.165) is 0 Å². The molecule has 1 unspecified atom stereocenters. The van der Waals surface area contributed by atoms with Gasteiger partial charge in [-0.15, -0.1) is 0 Å². The highest BCUT2D eigenvalue weighted by Crippen LogP contribution is 2.18. The Labute approximate surface area is 114 Å². The van der Waals surface area contributed by atoms with E-state index in [1.807, 2.05) is 0 Å². The van der Waals surface area contributed by atoms with Crippen LogP contribution in [0.2, 0.25) is 0 Å². The normalized spacial score (nSPS) is 18.2. The molecule has 0 aliphatic rings. The number of benzene rings is 1. The van der Waals surface area contributed by atoms with Crippen LogP contribution in [0.4, 0.5) is 0 Å². The zero-order chi connectivity index (χ0) is 15.2. The molecule has 1 aromatic rings. The molecule has 0 aromatic heterocycles. The van der Waals surface area contributed by atoms with E-state index >= 15 is 0 Å². The van der Waals surface area contributed by atoms with E-state index in [2.05, 4.69) is 10.0 Å². The third kappa shape index (κ3) is 3.77. The average molecular weight is 281 g/mol. The van der Waals surface area contributed by atoms with Gasteiger partial charge in [-0.25, -0.2) is 0 Å². The smallest absolute Gasteiger partial charge is 0.227 e. The Morgan fingerprint density at radius 1 is 1.30 bits per heavy atom. The van der Waals surface area contributed by atoms with Gasteiger partial charge in [0.05, 0.1) is 6.10 Å². The Kier molecular flexibility index (Phi) is 5.63. The summed E-state index contributed by atoms with van der Waals surface area (Å²) in [5.74, 6) is 0. The summed E-state index contributed by atoms with van der Waals surface area (Å²) in [5, 5.41) is 41.5. The van der Waals surface area contributed by atoms with Gasteiger partial charge in [0.25, 0.3) is 0 Å². The quantitative estimate of drug-likeness (QED) is 0.230. The number of aliphatic hydroxyl groups excluding tert-OH is 3. The number of aliphatic hydroxyl groups is 4. The standard InChI is InChI=1S/C12H15N3O5/c13-15-14-12(20,7-16)11(19)10(18)9(17)6-8-4-2-1-3-5-8/h1-5,7,9-11,17-20H,6H2/t9?,10-,11-,12+/m1/s1. The number of aldehydes is 1. The van der Waals surface area contributed by atoms with E-state index in [-0.39, 0.29) is 12.7 Å². The minimum absolute atomic E-state index is 0.00965. The van der Waals surface area contributed by atoms with Crippen LogP contribution >= 0.6 is 0 Å². The lowest BCUT2D eigenvalue weighted by Crippen LogP contribution is -2.53. The van der Waals surface area contributed by atoms with Crippen LogP contribution in [0.1, 0.15) is 5.56 Å². The van der Waals surface area contributed by atoms with E-state index < -0.39 is 24.0 Å². The molecule has 0 aliphatic heterocycles. The average Bonchev–Trinajstić information content (AvgIpc) is 2.46. The second-order valence-electron chi connectivity index (χ2n) is 4.28. The van der Waals surface area contributed by atoms with Gasteiger partial charge in [-0.05, 0) is 16.2 Å². The van der Waals surface area contributed by atoms with Crippen molar-refractivity contribution in [3.63, 3.8) is 0 Å². The van der Waals surface area contributed by atoms with Crippen molar-refractivity contribution in [2.45, 2.75) is 30.5 Å². The molecule has 8 nitrogen and oxygen atoms in total. The molecule has 0 fully saturated rings. The lowest BCUT2D eigenvalue weighted by Gasteiger charge is -2.29. The van der Waals surface area contributed by atoms with E-state index in [1.165, 1.54) is 0 Å². The lowest BCUT2D eigenvalue weighted by molar-refractivity contribution is -0.159. The highest BCUT2D eigenvalue weighted by Gasteiger charge is 2.42. The summed E-state index contributed by atoms with van der Waals surface area (Å²) < 4.78 is 0. The van der Waals surface area contributed by atoms with Crippen LogP contribution in [0.5, 0.6) is 0 Å².